The van der Waals surface area contributed by atoms with E-state index in [4.69, 9.17) is 5.73 Å². The summed E-state index contributed by atoms with van der Waals surface area (Å²) in [5.41, 5.74) is 5.80. The van der Waals surface area contributed by atoms with E-state index in [1.54, 1.807) is 0 Å². The van der Waals surface area contributed by atoms with Crippen LogP contribution >= 0.6 is 0 Å². The maximum Gasteiger partial charge on any atom is 0.242 e. The monoisotopic (exact) mass is 238 g/mol. The fourth-order valence-electron chi connectivity index (χ4n) is 3.25. The molecule has 0 bridgehead atoms. The Hall–Kier alpha value is -0.570. The molecule has 1 amide bonds. The van der Waals surface area contributed by atoms with Crippen molar-refractivity contribution in [1.29, 1.82) is 0 Å². The van der Waals surface area contributed by atoms with Crippen molar-refractivity contribution in [2.24, 2.45) is 11.7 Å². The first-order valence-electron chi connectivity index (χ1n) is 7.13. The summed E-state index contributed by atoms with van der Waals surface area (Å²) < 4.78 is 0. The van der Waals surface area contributed by atoms with Crippen LogP contribution in [-0.2, 0) is 4.79 Å². The van der Waals surface area contributed by atoms with Crippen molar-refractivity contribution in [3.05, 3.63) is 0 Å². The first-order valence-corrected chi connectivity index (χ1v) is 7.13. The number of carbonyl (C=O) groups is 1. The second-order valence-electron chi connectivity index (χ2n) is 6.21. The molecule has 0 spiro atoms. The molecule has 1 heterocycles. The molecule has 2 rings (SSSR count). The summed E-state index contributed by atoms with van der Waals surface area (Å²) in [6.07, 6.45) is 7.58. The minimum atomic E-state index is -0.552. The molecular formula is C14H26N2O. The molecule has 0 radical (unpaired) electrons. The number of carbonyl (C=O) groups excluding carboxylic acids is 1. The van der Waals surface area contributed by atoms with Gasteiger partial charge < -0.3 is 10.6 Å². The van der Waals surface area contributed by atoms with E-state index in [1.165, 1.54) is 12.8 Å². The third kappa shape index (κ3) is 2.65. The standard InChI is InChI=1S/C14H26N2O/c1-11-6-7-12(2)16(10-11)13(17)14(15)8-4-3-5-9-14/h11-12H,3-10,15H2,1-2H3. The van der Waals surface area contributed by atoms with Gasteiger partial charge in [-0.1, -0.05) is 26.2 Å². The highest BCUT2D eigenvalue weighted by molar-refractivity contribution is 5.86. The van der Waals surface area contributed by atoms with Gasteiger partial charge in [-0.2, -0.15) is 0 Å². The van der Waals surface area contributed by atoms with Crippen LogP contribution in [0.3, 0.4) is 0 Å². The molecule has 98 valence electrons. The molecule has 1 saturated heterocycles. The van der Waals surface area contributed by atoms with E-state index in [0.29, 0.717) is 12.0 Å². The van der Waals surface area contributed by atoms with Crippen molar-refractivity contribution in [3.8, 4) is 0 Å². The van der Waals surface area contributed by atoms with Crippen molar-refractivity contribution in [2.45, 2.75) is 70.4 Å². The Morgan fingerprint density at radius 3 is 2.47 bits per heavy atom. The molecule has 3 heteroatoms. The highest BCUT2D eigenvalue weighted by Crippen LogP contribution is 2.31. The number of rotatable bonds is 1. The summed E-state index contributed by atoms with van der Waals surface area (Å²) in [6, 6.07) is 0.376. The van der Waals surface area contributed by atoms with Crippen molar-refractivity contribution in [1.82, 2.24) is 4.90 Å². The summed E-state index contributed by atoms with van der Waals surface area (Å²) in [7, 11) is 0. The molecule has 2 unspecified atom stereocenters. The number of piperidine rings is 1. The lowest BCUT2D eigenvalue weighted by molar-refractivity contribution is -0.142. The van der Waals surface area contributed by atoms with Crippen molar-refractivity contribution >= 4 is 5.91 Å². The summed E-state index contributed by atoms with van der Waals surface area (Å²) in [5, 5.41) is 0. The Balaban J connectivity index is 2.06. The van der Waals surface area contributed by atoms with Gasteiger partial charge in [0.05, 0.1) is 5.54 Å². The van der Waals surface area contributed by atoms with Gasteiger partial charge in [0.1, 0.15) is 0 Å². The highest BCUT2D eigenvalue weighted by atomic mass is 16.2. The maximum atomic E-state index is 12.6. The predicted molar refractivity (Wildman–Crippen MR) is 69.6 cm³/mol. The van der Waals surface area contributed by atoms with E-state index in [2.05, 4.69) is 18.7 Å². The van der Waals surface area contributed by atoms with Crippen molar-refractivity contribution < 1.29 is 4.79 Å². The Morgan fingerprint density at radius 2 is 1.82 bits per heavy atom. The lowest BCUT2D eigenvalue weighted by atomic mass is 9.80. The molecule has 0 aromatic heterocycles. The van der Waals surface area contributed by atoms with Gasteiger partial charge in [0.15, 0.2) is 0 Å². The average Bonchev–Trinajstić information content (AvgIpc) is 2.32. The third-order valence-corrected chi connectivity index (χ3v) is 4.55. The zero-order valence-electron chi connectivity index (χ0n) is 11.2. The minimum Gasteiger partial charge on any atom is -0.338 e. The van der Waals surface area contributed by atoms with Gasteiger partial charge in [-0.25, -0.2) is 0 Å². The molecule has 17 heavy (non-hydrogen) atoms. The fourth-order valence-corrected chi connectivity index (χ4v) is 3.25. The Labute approximate surface area is 105 Å². The predicted octanol–water partition coefficient (Wildman–Crippen LogP) is 2.29. The summed E-state index contributed by atoms with van der Waals surface area (Å²) in [5.74, 6) is 0.846. The third-order valence-electron chi connectivity index (χ3n) is 4.55. The normalized spacial score (nSPS) is 33.5. The molecule has 1 aliphatic heterocycles. The van der Waals surface area contributed by atoms with Crippen molar-refractivity contribution in [3.63, 3.8) is 0 Å². The zero-order chi connectivity index (χ0) is 12.5. The first kappa shape index (κ1) is 12.9. The van der Waals surface area contributed by atoms with Crippen LogP contribution in [0.15, 0.2) is 0 Å². The Morgan fingerprint density at radius 1 is 1.18 bits per heavy atom. The van der Waals surface area contributed by atoms with Gasteiger partial charge in [0.25, 0.3) is 0 Å². The molecule has 2 N–H and O–H groups in total. The van der Waals surface area contributed by atoms with Crippen LogP contribution in [0.1, 0.15) is 58.8 Å². The van der Waals surface area contributed by atoms with E-state index >= 15 is 0 Å². The Kier molecular flexibility index (Phi) is 3.76. The number of nitrogens with two attached hydrogens (primary N) is 1. The molecule has 2 fully saturated rings. The molecule has 2 aliphatic rings. The van der Waals surface area contributed by atoms with Gasteiger partial charge >= 0.3 is 0 Å². The zero-order valence-corrected chi connectivity index (χ0v) is 11.2. The molecule has 1 saturated carbocycles. The summed E-state index contributed by atoms with van der Waals surface area (Å²) >= 11 is 0. The highest BCUT2D eigenvalue weighted by Gasteiger charge is 2.40. The number of hydrogen-bond acceptors (Lipinski definition) is 2. The second kappa shape index (κ2) is 4.97. The van der Waals surface area contributed by atoms with E-state index in [1.807, 2.05) is 0 Å². The lowest BCUT2D eigenvalue weighted by Gasteiger charge is -2.43. The molecule has 1 aliphatic carbocycles. The molecule has 3 nitrogen and oxygen atoms in total. The first-order chi connectivity index (χ1) is 8.03. The van der Waals surface area contributed by atoms with Crippen LogP contribution in [0.4, 0.5) is 0 Å². The number of nitrogens with zero attached hydrogens (tertiary/aromatic N) is 1. The number of likely N-dealkylation sites (tertiary alicyclic amines) is 1. The lowest BCUT2D eigenvalue weighted by Crippen LogP contribution is -2.59. The van der Waals surface area contributed by atoms with E-state index in [9.17, 15) is 4.79 Å². The second-order valence-corrected chi connectivity index (χ2v) is 6.21. The molecule has 0 aromatic rings. The van der Waals surface area contributed by atoms with Crippen LogP contribution in [-0.4, -0.2) is 28.9 Å². The van der Waals surface area contributed by atoms with Crippen LogP contribution < -0.4 is 5.73 Å². The van der Waals surface area contributed by atoms with Crippen LogP contribution in [0.2, 0.25) is 0 Å². The fraction of sp³-hybridized carbons (Fsp3) is 0.929. The van der Waals surface area contributed by atoms with Gasteiger partial charge in [0, 0.05) is 12.6 Å². The maximum absolute atomic E-state index is 12.6. The van der Waals surface area contributed by atoms with E-state index in [0.717, 1.165) is 38.6 Å². The van der Waals surface area contributed by atoms with Crippen molar-refractivity contribution in [2.75, 3.05) is 6.54 Å². The number of amides is 1. The van der Waals surface area contributed by atoms with E-state index < -0.39 is 5.54 Å². The summed E-state index contributed by atoms with van der Waals surface area (Å²) in [6.45, 7) is 5.30. The van der Waals surface area contributed by atoms with Gasteiger partial charge in [-0.3, -0.25) is 4.79 Å². The SMILES string of the molecule is CC1CCC(C)N(C(=O)C2(N)CCCCC2)C1. The summed E-state index contributed by atoms with van der Waals surface area (Å²) in [4.78, 5) is 14.7. The number of hydrogen-bond donors (Lipinski definition) is 1. The molecule has 0 aromatic carbocycles. The van der Waals surface area contributed by atoms with Gasteiger partial charge in [-0.15, -0.1) is 0 Å². The smallest absolute Gasteiger partial charge is 0.242 e. The van der Waals surface area contributed by atoms with Crippen LogP contribution in [0.25, 0.3) is 0 Å². The topological polar surface area (TPSA) is 46.3 Å². The molecular weight excluding hydrogens is 212 g/mol. The van der Waals surface area contributed by atoms with Crippen LogP contribution in [0, 0.1) is 5.92 Å². The van der Waals surface area contributed by atoms with Gasteiger partial charge in [-0.05, 0) is 38.5 Å². The minimum absolute atomic E-state index is 0.219. The van der Waals surface area contributed by atoms with Crippen LogP contribution in [0.5, 0.6) is 0 Å². The average molecular weight is 238 g/mol. The Bertz CT molecular complexity index is 284. The largest absolute Gasteiger partial charge is 0.338 e. The molecule has 2 atom stereocenters. The quantitative estimate of drug-likeness (QED) is 0.762. The van der Waals surface area contributed by atoms with E-state index in [-0.39, 0.29) is 5.91 Å². The van der Waals surface area contributed by atoms with Gasteiger partial charge in [0.2, 0.25) is 5.91 Å².